The number of carbonyl (C=O) groups is 4. The van der Waals surface area contributed by atoms with Gasteiger partial charge in [-0.2, -0.15) is 0 Å². The minimum atomic E-state index is -1.38. The Balaban J connectivity index is 2.05. The van der Waals surface area contributed by atoms with Gasteiger partial charge in [-0.05, 0) is 65.2 Å². The lowest BCUT2D eigenvalue weighted by atomic mass is 9.85. The molecule has 0 fully saturated rings. The van der Waals surface area contributed by atoms with Gasteiger partial charge in [0, 0.05) is 6.92 Å². The summed E-state index contributed by atoms with van der Waals surface area (Å²) in [6.07, 6.45) is 5.57. The van der Waals surface area contributed by atoms with Crippen LogP contribution in [-0.2, 0) is 14.4 Å². The Morgan fingerprint density at radius 3 is 1.49 bits per heavy atom. The lowest BCUT2D eigenvalue weighted by Gasteiger charge is -2.25. The van der Waals surface area contributed by atoms with Gasteiger partial charge >= 0.3 is 5.97 Å². The molecule has 0 aromatic heterocycles. The van der Waals surface area contributed by atoms with Crippen LogP contribution in [0.15, 0.2) is 72.8 Å². The summed E-state index contributed by atoms with van der Waals surface area (Å²) in [6.45, 7) is 1.27. The fraction of sp³-hybridized carbons (Fsp3) is 0.212. The van der Waals surface area contributed by atoms with E-state index in [4.69, 9.17) is 18.9 Å². The molecule has 0 heterocycles. The minimum absolute atomic E-state index is 0.0150. The Labute approximate surface area is 249 Å². The standard InChI is InChI=1S/C33H33NO9/c1-20(35)34-32(23-10-12-24(13-11-23)33(38)39)31(25(36)14-6-21-8-16-27(40-2)29(18-21)42-4)26(37)15-7-22-9-17-28(41-3)30(19-22)43-5/h6-19,31-32H,1-5H3,(H,34,35)(H,38,39)/b14-6+,15-7+. The summed E-state index contributed by atoms with van der Waals surface area (Å²) in [5, 5.41) is 12.0. The first-order chi connectivity index (χ1) is 20.6. The van der Waals surface area contributed by atoms with Crippen LogP contribution in [-0.4, -0.2) is 57.0 Å². The molecule has 3 aromatic carbocycles. The number of hydrogen-bond acceptors (Lipinski definition) is 8. The van der Waals surface area contributed by atoms with E-state index in [0.717, 1.165) is 0 Å². The smallest absolute Gasteiger partial charge is 0.335 e. The Hall–Kier alpha value is -5.38. The van der Waals surface area contributed by atoms with Crippen LogP contribution < -0.4 is 24.3 Å². The first-order valence-electron chi connectivity index (χ1n) is 13.1. The van der Waals surface area contributed by atoms with Crippen molar-refractivity contribution in [2.75, 3.05) is 28.4 Å². The van der Waals surface area contributed by atoms with E-state index in [-0.39, 0.29) is 5.56 Å². The molecule has 10 nitrogen and oxygen atoms in total. The average Bonchev–Trinajstić information content (AvgIpc) is 3.01. The summed E-state index contributed by atoms with van der Waals surface area (Å²) in [5.74, 6) is -2.24. The Morgan fingerprint density at radius 2 is 1.12 bits per heavy atom. The van der Waals surface area contributed by atoms with Crippen molar-refractivity contribution in [3.05, 3.63) is 95.1 Å². The van der Waals surface area contributed by atoms with Gasteiger partial charge in [-0.15, -0.1) is 0 Å². The van der Waals surface area contributed by atoms with Crippen molar-refractivity contribution in [2.24, 2.45) is 5.92 Å². The fourth-order valence-electron chi connectivity index (χ4n) is 4.36. The number of benzene rings is 3. The normalized spacial score (nSPS) is 11.8. The summed E-state index contributed by atoms with van der Waals surface area (Å²) < 4.78 is 21.2. The monoisotopic (exact) mass is 587 g/mol. The van der Waals surface area contributed by atoms with Crippen molar-refractivity contribution in [1.82, 2.24) is 5.32 Å². The second-order valence-electron chi connectivity index (χ2n) is 9.28. The molecule has 10 heteroatoms. The van der Waals surface area contributed by atoms with Crippen molar-refractivity contribution in [2.45, 2.75) is 13.0 Å². The lowest BCUT2D eigenvalue weighted by Crippen LogP contribution is -2.39. The van der Waals surface area contributed by atoms with Crippen molar-refractivity contribution >= 4 is 35.6 Å². The lowest BCUT2D eigenvalue weighted by molar-refractivity contribution is -0.129. The second-order valence-corrected chi connectivity index (χ2v) is 9.28. The quantitative estimate of drug-likeness (QED) is 0.202. The first kappa shape index (κ1) is 32.1. The molecule has 3 aromatic rings. The molecule has 0 aliphatic rings. The molecular formula is C33H33NO9. The molecule has 1 amide bonds. The summed E-state index contributed by atoms with van der Waals surface area (Å²) in [6, 6.07) is 14.7. The highest BCUT2D eigenvalue weighted by molar-refractivity contribution is 6.14. The number of amides is 1. The van der Waals surface area contributed by atoms with Gasteiger partial charge in [0.05, 0.1) is 40.0 Å². The van der Waals surface area contributed by atoms with Gasteiger partial charge < -0.3 is 29.4 Å². The predicted molar refractivity (Wildman–Crippen MR) is 161 cm³/mol. The van der Waals surface area contributed by atoms with E-state index in [1.165, 1.54) is 83.9 Å². The summed E-state index contributed by atoms with van der Waals surface area (Å²) >= 11 is 0. The zero-order chi connectivity index (χ0) is 31.5. The third kappa shape index (κ3) is 8.32. The van der Waals surface area contributed by atoms with Gasteiger partial charge in [0.15, 0.2) is 34.6 Å². The second kappa shape index (κ2) is 15.0. The van der Waals surface area contributed by atoms with Gasteiger partial charge in [-0.25, -0.2) is 4.79 Å². The molecule has 0 saturated carbocycles. The molecule has 0 aliphatic heterocycles. The number of ether oxygens (including phenoxy) is 4. The summed E-state index contributed by atoms with van der Waals surface area (Å²) in [4.78, 5) is 51.1. The molecule has 0 bridgehead atoms. The van der Waals surface area contributed by atoms with E-state index < -0.39 is 35.4 Å². The first-order valence-corrected chi connectivity index (χ1v) is 13.1. The highest BCUT2D eigenvalue weighted by atomic mass is 16.5. The zero-order valence-corrected chi connectivity index (χ0v) is 24.5. The van der Waals surface area contributed by atoms with Gasteiger partial charge in [0.25, 0.3) is 0 Å². The van der Waals surface area contributed by atoms with Crippen molar-refractivity contribution < 1.29 is 43.2 Å². The van der Waals surface area contributed by atoms with Crippen molar-refractivity contribution in [3.8, 4) is 23.0 Å². The topological polar surface area (TPSA) is 137 Å². The predicted octanol–water partition coefficient (Wildman–Crippen LogP) is 4.78. The van der Waals surface area contributed by atoms with E-state index in [2.05, 4.69) is 5.32 Å². The van der Waals surface area contributed by atoms with Crippen LogP contribution in [0.5, 0.6) is 23.0 Å². The van der Waals surface area contributed by atoms with Gasteiger partial charge in [-0.3, -0.25) is 14.4 Å². The number of carboxylic acids is 1. The van der Waals surface area contributed by atoms with Crippen LogP contribution in [0.3, 0.4) is 0 Å². The third-order valence-corrected chi connectivity index (χ3v) is 6.52. The summed E-state index contributed by atoms with van der Waals surface area (Å²) in [5.41, 5.74) is 1.62. The molecule has 224 valence electrons. The minimum Gasteiger partial charge on any atom is -0.493 e. The van der Waals surface area contributed by atoms with Crippen LogP contribution in [0.25, 0.3) is 12.2 Å². The van der Waals surface area contributed by atoms with E-state index in [1.807, 2.05) is 0 Å². The van der Waals surface area contributed by atoms with Gasteiger partial charge in [0.2, 0.25) is 5.91 Å². The summed E-state index contributed by atoms with van der Waals surface area (Å²) in [7, 11) is 5.99. The molecule has 0 aliphatic carbocycles. The number of allylic oxidation sites excluding steroid dienone is 2. The molecule has 1 atom stereocenters. The number of nitrogens with one attached hydrogen (secondary N) is 1. The fourth-order valence-corrected chi connectivity index (χ4v) is 4.36. The number of ketones is 2. The van der Waals surface area contributed by atoms with E-state index in [9.17, 15) is 24.3 Å². The van der Waals surface area contributed by atoms with E-state index in [0.29, 0.717) is 39.7 Å². The Bertz CT molecular complexity index is 1460. The zero-order valence-electron chi connectivity index (χ0n) is 24.5. The maximum absolute atomic E-state index is 13.7. The number of carboxylic acid groups (broad SMARTS) is 1. The molecule has 0 radical (unpaired) electrons. The largest absolute Gasteiger partial charge is 0.493 e. The van der Waals surface area contributed by atoms with Crippen LogP contribution in [0.2, 0.25) is 0 Å². The number of methoxy groups -OCH3 is 4. The molecule has 1 unspecified atom stereocenters. The van der Waals surface area contributed by atoms with Gasteiger partial charge in [-0.1, -0.05) is 36.4 Å². The number of hydrogen-bond donors (Lipinski definition) is 2. The third-order valence-electron chi connectivity index (χ3n) is 6.52. The van der Waals surface area contributed by atoms with Crippen LogP contribution in [0, 0.1) is 5.92 Å². The number of rotatable bonds is 14. The molecule has 43 heavy (non-hydrogen) atoms. The molecule has 3 rings (SSSR count). The molecule has 0 spiro atoms. The SMILES string of the molecule is COc1ccc(/C=C/C(=O)C(C(=O)/C=C/c2ccc(OC)c(OC)c2)C(NC(C)=O)c2ccc(C(=O)O)cc2)cc1OC. The maximum atomic E-state index is 13.7. The van der Waals surface area contributed by atoms with Crippen LogP contribution in [0.4, 0.5) is 0 Å². The Morgan fingerprint density at radius 1 is 0.674 bits per heavy atom. The molecule has 2 N–H and O–H groups in total. The highest BCUT2D eigenvalue weighted by Gasteiger charge is 2.34. The van der Waals surface area contributed by atoms with Gasteiger partial charge in [0.1, 0.15) is 5.92 Å². The van der Waals surface area contributed by atoms with Crippen LogP contribution in [0.1, 0.15) is 40.0 Å². The number of aromatic carboxylic acids is 1. The maximum Gasteiger partial charge on any atom is 0.335 e. The highest BCUT2D eigenvalue weighted by Crippen LogP contribution is 2.31. The van der Waals surface area contributed by atoms with E-state index in [1.54, 1.807) is 36.4 Å². The Kier molecular flexibility index (Phi) is 11.2. The van der Waals surface area contributed by atoms with Crippen molar-refractivity contribution in [1.29, 1.82) is 0 Å². The van der Waals surface area contributed by atoms with Crippen LogP contribution >= 0.6 is 0 Å². The molecule has 0 saturated heterocycles. The average molecular weight is 588 g/mol. The molecular weight excluding hydrogens is 554 g/mol. The van der Waals surface area contributed by atoms with Crippen molar-refractivity contribution in [3.63, 3.8) is 0 Å². The number of carbonyl (C=O) groups excluding carboxylic acids is 3. The van der Waals surface area contributed by atoms with E-state index >= 15 is 0 Å².